The Morgan fingerprint density at radius 3 is 1.50 bits per heavy atom. The molecular formula is C22H40O2. The van der Waals surface area contributed by atoms with E-state index in [1.54, 1.807) is 6.08 Å². The molecule has 0 fully saturated rings. The highest BCUT2D eigenvalue weighted by atomic mass is 16.4. The van der Waals surface area contributed by atoms with Crippen molar-refractivity contribution in [2.24, 2.45) is 0 Å². The molecule has 0 aromatic carbocycles. The molecule has 2 heteroatoms. The van der Waals surface area contributed by atoms with Crippen LogP contribution in [-0.2, 0) is 4.79 Å². The third kappa shape index (κ3) is 20.9. The topological polar surface area (TPSA) is 37.3 Å². The van der Waals surface area contributed by atoms with Gasteiger partial charge >= 0.3 is 5.97 Å². The summed E-state index contributed by atoms with van der Waals surface area (Å²) in [4.78, 5) is 10.3. The lowest BCUT2D eigenvalue weighted by Crippen LogP contribution is -1.84. The van der Waals surface area contributed by atoms with Gasteiger partial charge in [0.2, 0.25) is 0 Å². The van der Waals surface area contributed by atoms with Gasteiger partial charge in [0.25, 0.3) is 0 Å². The number of carbonyl (C=O) groups is 1. The SMILES string of the molecule is CCCCCCCCCCCCCCCCC/C=C\C=C\C(=O)O. The van der Waals surface area contributed by atoms with E-state index in [0.29, 0.717) is 0 Å². The average molecular weight is 337 g/mol. The van der Waals surface area contributed by atoms with Gasteiger partial charge in [-0.15, -0.1) is 0 Å². The Balaban J connectivity index is 3.09. The monoisotopic (exact) mass is 336 g/mol. The van der Waals surface area contributed by atoms with Crippen LogP contribution in [0.15, 0.2) is 24.3 Å². The summed E-state index contributed by atoms with van der Waals surface area (Å²) in [5.74, 6) is -0.883. The summed E-state index contributed by atoms with van der Waals surface area (Å²) in [7, 11) is 0. The predicted molar refractivity (Wildman–Crippen MR) is 105 cm³/mol. The molecule has 140 valence electrons. The summed E-state index contributed by atoms with van der Waals surface area (Å²) in [5, 5.41) is 8.44. The zero-order valence-electron chi connectivity index (χ0n) is 16.0. The van der Waals surface area contributed by atoms with E-state index in [0.717, 1.165) is 6.42 Å². The summed E-state index contributed by atoms with van der Waals surface area (Å²) in [5.41, 5.74) is 0. The fourth-order valence-electron chi connectivity index (χ4n) is 2.95. The zero-order chi connectivity index (χ0) is 17.7. The van der Waals surface area contributed by atoms with E-state index < -0.39 is 5.97 Å². The second-order valence-electron chi connectivity index (χ2n) is 6.86. The molecule has 1 N–H and O–H groups in total. The molecule has 24 heavy (non-hydrogen) atoms. The number of unbranched alkanes of at least 4 members (excludes halogenated alkanes) is 15. The maximum Gasteiger partial charge on any atom is 0.328 e. The average Bonchev–Trinajstić information content (AvgIpc) is 2.56. The molecule has 0 bridgehead atoms. The molecule has 2 nitrogen and oxygen atoms in total. The van der Waals surface area contributed by atoms with Crippen LogP contribution in [0.25, 0.3) is 0 Å². The first-order valence-electron chi connectivity index (χ1n) is 10.3. The normalized spacial score (nSPS) is 11.7. The minimum atomic E-state index is -0.883. The number of carboxylic acid groups (broad SMARTS) is 1. The Morgan fingerprint density at radius 2 is 1.08 bits per heavy atom. The first-order valence-corrected chi connectivity index (χ1v) is 10.3. The van der Waals surface area contributed by atoms with Crippen molar-refractivity contribution in [3.8, 4) is 0 Å². The number of hydrogen-bond acceptors (Lipinski definition) is 1. The van der Waals surface area contributed by atoms with Crippen LogP contribution in [-0.4, -0.2) is 11.1 Å². The molecule has 0 spiro atoms. The first kappa shape index (κ1) is 22.9. The lowest BCUT2D eigenvalue weighted by Gasteiger charge is -2.03. The van der Waals surface area contributed by atoms with Crippen molar-refractivity contribution >= 4 is 5.97 Å². The molecule has 0 aliphatic heterocycles. The van der Waals surface area contributed by atoms with Gasteiger partial charge in [-0.1, -0.05) is 115 Å². The van der Waals surface area contributed by atoms with Crippen LogP contribution < -0.4 is 0 Å². The molecule has 0 aliphatic rings. The van der Waals surface area contributed by atoms with Crippen LogP contribution in [0.2, 0.25) is 0 Å². The Kier molecular flexibility index (Phi) is 19.1. The fourth-order valence-corrected chi connectivity index (χ4v) is 2.95. The molecule has 0 saturated carbocycles. The molecule has 0 saturated heterocycles. The molecular weight excluding hydrogens is 296 g/mol. The second-order valence-corrected chi connectivity index (χ2v) is 6.86. The first-order chi connectivity index (χ1) is 11.8. The minimum Gasteiger partial charge on any atom is -0.478 e. The Hall–Kier alpha value is -1.05. The van der Waals surface area contributed by atoms with Crippen molar-refractivity contribution < 1.29 is 9.90 Å². The fraction of sp³-hybridized carbons (Fsp3) is 0.773. The summed E-state index contributed by atoms with van der Waals surface area (Å²) in [6, 6.07) is 0. The smallest absolute Gasteiger partial charge is 0.328 e. The van der Waals surface area contributed by atoms with E-state index in [9.17, 15) is 4.79 Å². The van der Waals surface area contributed by atoms with Crippen molar-refractivity contribution in [3.05, 3.63) is 24.3 Å². The van der Waals surface area contributed by atoms with Crippen LogP contribution in [0.4, 0.5) is 0 Å². The van der Waals surface area contributed by atoms with Crippen molar-refractivity contribution in [3.63, 3.8) is 0 Å². The van der Waals surface area contributed by atoms with Gasteiger partial charge in [-0.2, -0.15) is 0 Å². The second kappa shape index (κ2) is 20.0. The Labute approximate surface area is 150 Å². The summed E-state index contributed by atoms with van der Waals surface area (Å²) in [6.45, 7) is 2.28. The molecule has 0 rings (SSSR count). The third-order valence-electron chi connectivity index (χ3n) is 4.46. The van der Waals surface area contributed by atoms with Crippen molar-refractivity contribution in [2.75, 3.05) is 0 Å². The van der Waals surface area contributed by atoms with Gasteiger partial charge in [-0.25, -0.2) is 4.79 Å². The molecule has 0 radical (unpaired) electrons. The largest absolute Gasteiger partial charge is 0.478 e. The standard InChI is InChI=1S/C22H40O2/c1-2-3-4-5-6-7-8-9-10-11-12-13-14-15-16-17-18-19-20-21-22(23)24/h18-21H,2-17H2,1H3,(H,23,24)/b19-18-,21-20+. The van der Waals surface area contributed by atoms with Crippen LogP contribution in [0, 0.1) is 0 Å². The maximum absolute atomic E-state index is 10.3. The summed E-state index contributed by atoms with van der Waals surface area (Å²) in [6.07, 6.45) is 28.6. The van der Waals surface area contributed by atoms with Gasteiger partial charge in [0.1, 0.15) is 0 Å². The van der Waals surface area contributed by atoms with Crippen LogP contribution in [0.5, 0.6) is 0 Å². The van der Waals surface area contributed by atoms with E-state index in [1.165, 1.54) is 102 Å². The van der Waals surface area contributed by atoms with Gasteiger partial charge < -0.3 is 5.11 Å². The van der Waals surface area contributed by atoms with E-state index in [1.807, 2.05) is 6.08 Å². The molecule has 0 aromatic rings. The number of rotatable bonds is 18. The van der Waals surface area contributed by atoms with Crippen molar-refractivity contribution in [1.29, 1.82) is 0 Å². The summed E-state index contributed by atoms with van der Waals surface area (Å²) < 4.78 is 0. The quantitative estimate of drug-likeness (QED) is 0.160. The third-order valence-corrected chi connectivity index (χ3v) is 4.46. The Morgan fingerprint density at radius 1 is 0.667 bits per heavy atom. The number of hydrogen-bond donors (Lipinski definition) is 1. The maximum atomic E-state index is 10.3. The highest BCUT2D eigenvalue weighted by Crippen LogP contribution is 2.13. The Bertz CT molecular complexity index is 318. The summed E-state index contributed by atoms with van der Waals surface area (Å²) >= 11 is 0. The van der Waals surface area contributed by atoms with E-state index in [4.69, 9.17) is 5.11 Å². The number of aliphatic carboxylic acids is 1. The molecule has 0 amide bonds. The van der Waals surface area contributed by atoms with Gasteiger partial charge in [0, 0.05) is 6.08 Å². The number of carboxylic acids is 1. The van der Waals surface area contributed by atoms with E-state index in [-0.39, 0.29) is 0 Å². The van der Waals surface area contributed by atoms with Crippen molar-refractivity contribution in [1.82, 2.24) is 0 Å². The van der Waals surface area contributed by atoms with Crippen LogP contribution in [0.1, 0.15) is 110 Å². The van der Waals surface area contributed by atoms with Gasteiger partial charge in [-0.3, -0.25) is 0 Å². The van der Waals surface area contributed by atoms with Gasteiger partial charge in [-0.05, 0) is 12.8 Å². The molecule has 0 heterocycles. The minimum absolute atomic E-state index is 0.883. The molecule has 0 unspecified atom stereocenters. The van der Waals surface area contributed by atoms with Crippen LogP contribution in [0.3, 0.4) is 0 Å². The van der Waals surface area contributed by atoms with E-state index in [2.05, 4.69) is 13.0 Å². The zero-order valence-corrected chi connectivity index (χ0v) is 16.0. The van der Waals surface area contributed by atoms with Crippen molar-refractivity contribution in [2.45, 2.75) is 110 Å². The molecule has 0 atom stereocenters. The highest BCUT2D eigenvalue weighted by Gasteiger charge is 1.94. The molecule has 0 aliphatic carbocycles. The molecule has 0 aromatic heterocycles. The van der Waals surface area contributed by atoms with Gasteiger partial charge in [0.05, 0.1) is 0 Å². The number of allylic oxidation sites excluding steroid dienone is 3. The predicted octanol–water partition coefficient (Wildman–Crippen LogP) is 7.44. The lowest BCUT2D eigenvalue weighted by molar-refractivity contribution is -0.131. The van der Waals surface area contributed by atoms with Crippen LogP contribution >= 0.6 is 0 Å². The highest BCUT2D eigenvalue weighted by molar-refractivity contribution is 5.80. The lowest BCUT2D eigenvalue weighted by atomic mass is 10.0. The van der Waals surface area contributed by atoms with E-state index >= 15 is 0 Å². The van der Waals surface area contributed by atoms with Gasteiger partial charge in [0.15, 0.2) is 0 Å².